The van der Waals surface area contributed by atoms with E-state index < -0.39 is 0 Å². The number of rotatable bonds is 6. The highest BCUT2D eigenvalue weighted by atomic mass is 16.5. The highest BCUT2D eigenvalue weighted by Gasteiger charge is 2.43. The summed E-state index contributed by atoms with van der Waals surface area (Å²) in [4.78, 5) is 0. The third kappa shape index (κ3) is 2.29. The Morgan fingerprint density at radius 3 is 2.36 bits per heavy atom. The van der Waals surface area contributed by atoms with Gasteiger partial charge in [0.25, 0.3) is 0 Å². The maximum atomic E-state index is 5.71. The molecule has 1 N–H and O–H groups in total. The maximum Gasteiger partial charge on any atom is 0.0831 e. The Kier molecular flexibility index (Phi) is 4.39. The fraction of sp³-hybridized carbons (Fsp3) is 1.00. The van der Waals surface area contributed by atoms with E-state index in [2.05, 4.69) is 26.2 Å². The van der Waals surface area contributed by atoms with Crippen molar-refractivity contribution < 1.29 is 4.74 Å². The summed E-state index contributed by atoms with van der Waals surface area (Å²) in [5.74, 6) is 0.792. The summed E-state index contributed by atoms with van der Waals surface area (Å²) < 4.78 is 5.71. The van der Waals surface area contributed by atoms with Crippen LogP contribution in [0.25, 0.3) is 0 Å². The van der Waals surface area contributed by atoms with Gasteiger partial charge in [-0.3, -0.25) is 0 Å². The van der Waals surface area contributed by atoms with Crippen molar-refractivity contribution in [2.24, 2.45) is 5.92 Å². The summed E-state index contributed by atoms with van der Waals surface area (Å²) in [5.41, 5.74) is 0.151. The van der Waals surface area contributed by atoms with Crippen molar-refractivity contribution in [3.63, 3.8) is 0 Å². The first-order chi connectivity index (χ1) is 6.68. The molecule has 0 saturated heterocycles. The molecule has 0 aromatic carbocycles. The Labute approximate surface area is 88.4 Å². The number of nitrogens with one attached hydrogen (secondary N) is 1. The molecule has 1 saturated carbocycles. The first kappa shape index (κ1) is 12.0. The number of hydrogen-bond acceptors (Lipinski definition) is 2. The molecule has 2 atom stereocenters. The van der Waals surface area contributed by atoms with Crippen molar-refractivity contribution in [1.29, 1.82) is 0 Å². The molecule has 2 nitrogen and oxygen atoms in total. The van der Waals surface area contributed by atoms with Gasteiger partial charge in [0.05, 0.1) is 5.60 Å². The van der Waals surface area contributed by atoms with Crippen LogP contribution in [0.15, 0.2) is 0 Å². The highest BCUT2D eigenvalue weighted by molar-refractivity contribution is 4.99. The molecule has 2 unspecified atom stereocenters. The summed E-state index contributed by atoms with van der Waals surface area (Å²) in [5, 5.41) is 3.44. The van der Waals surface area contributed by atoms with E-state index in [0.717, 1.165) is 5.92 Å². The molecule has 14 heavy (non-hydrogen) atoms. The predicted octanol–water partition coefficient (Wildman–Crippen LogP) is 2.58. The average molecular weight is 199 g/mol. The van der Waals surface area contributed by atoms with Gasteiger partial charge in [-0.15, -0.1) is 0 Å². The van der Waals surface area contributed by atoms with Crippen molar-refractivity contribution in [2.75, 3.05) is 14.2 Å². The molecule has 0 heterocycles. The summed E-state index contributed by atoms with van der Waals surface area (Å²) in [6.07, 6.45) is 6.28. The predicted molar refractivity (Wildman–Crippen MR) is 60.5 cm³/mol. The van der Waals surface area contributed by atoms with Gasteiger partial charge in [0.1, 0.15) is 0 Å². The van der Waals surface area contributed by atoms with Crippen LogP contribution in [-0.2, 0) is 4.74 Å². The van der Waals surface area contributed by atoms with Crippen LogP contribution in [-0.4, -0.2) is 25.8 Å². The van der Waals surface area contributed by atoms with Crippen molar-refractivity contribution in [2.45, 2.75) is 57.6 Å². The topological polar surface area (TPSA) is 21.3 Å². The Morgan fingerprint density at radius 1 is 1.43 bits per heavy atom. The highest BCUT2D eigenvalue weighted by Crippen LogP contribution is 2.40. The molecular weight excluding hydrogens is 174 g/mol. The number of hydrogen-bond donors (Lipinski definition) is 1. The Bertz CT molecular complexity index is 160. The molecule has 1 aliphatic carbocycles. The van der Waals surface area contributed by atoms with Crippen LogP contribution in [0.3, 0.4) is 0 Å². The minimum Gasteiger partial charge on any atom is -0.377 e. The Morgan fingerprint density at radius 2 is 2.07 bits per heavy atom. The van der Waals surface area contributed by atoms with E-state index in [0.29, 0.717) is 6.04 Å². The minimum atomic E-state index is 0.151. The number of methoxy groups -OCH3 is 1. The minimum absolute atomic E-state index is 0.151. The van der Waals surface area contributed by atoms with Gasteiger partial charge in [0.15, 0.2) is 0 Å². The van der Waals surface area contributed by atoms with Gasteiger partial charge in [0, 0.05) is 13.2 Å². The molecule has 1 rings (SSSR count). The molecule has 0 amide bonds. The number of likely N-dealkylation sites (N-methyl/N-ethyl adjacent to an activating group) is 1. The molecular formula is C12H25NO. The zero-order valence-corrected chi connectivity index (χ0v) is 10.1. The molecule has 0 radical (unpaired) electrons. The van der Waals surface area contributed by atoms with Crippen molar-refractivity contribution in [1.82, 2.24) is 5.32 Å². The van der Waals surface area contributed by atoms with E-state index in [9.17, 15) is 0 Å². The molecule has 0 aromatic heterocycles. The smallest absolute Gasteiger partial charge is 0.0831 e. The monoisotopic (exact) mass is 199 g/mol. The van der Waals surface area contributed by atoms with Crippen LogP contribution in [0.5, 0.6) is 0 Å². The van der Waals surface area contributed by atoms with Gasteiger partial charge in [-0.1, -0.05) is 20.3 Å². The first-order valence-corrected chi connectivity index (χ1v) is 5.91. The SMILES string of the molecule is CCC(C)CC(NC)C1(OC)CCC1. The molecule has 0 spiro atoms. The standard InChI is InChI=1S/C12H25NO/c1-5-10(2)9-11(13-3)12(14-4)7-6-8-12/h10-11,13H,5-9H2,1-4H3. The summed E-state index contributed by atoms with van der Waals surface area (Å²) in [6.45, 7) is 4.59. The second-order valence-electron chi connectivity index (χ2n) is 4.71. The van der Waals surface area contributed by atoms with Crippen LogP contribution < -0.4 is 5.32 Å². The average Bonchev–Trinajstić information content (AvgIpc) is 2.15. The van der Waals surface area contributed by atoms with Crippen LogP contribution in [0.2, 0.25) is 0 Å². The summed E-state index contributed by atoms with van der Waals surface area (Å²) in [7, 11) is 3.92. The molecule has 0 aliphatic heterocycles. The first-order valence-electron chi connectivity index (χ1n) is 5.91. The summed E-state index contributed by atoms with van der Waals surface area (Å²) in [6, 6.07) is 0.538. The van der Waals surface area contributed by atoms with E-state index in [1.165, 1.54) is 32.1 Å². The lowest BCUT2D eigenvalue weighted by Crippen LogP contribution is -2.56. The third-order valence-corrected chi connectivity index (χ3v) is 3.92. The molecule has 0 bridgehead atoms. The van der Waals surface area contributed by atoms with Crippen LogP contribution in [0.4, 0.5) is 0 Å². The maximum absolute atomic E-state index is 5.71. The fourth-order valence-electron chi connectivity index (χ4n) is 2.38. The lowest BCUT2D eigenvalue weighted by molar-refractivity contribution is -0.101. The van der Waals surface area contributed by atoms with E-state index in [4.69, 9.17) is 4.74 Å². The van der Waals surface area contributed by atoms with Gasteiger partial charge in [-0.2, -0.15) is 0 Å². The molecule has 0 aromatic rings. The fourth-order valence-corrected chi connectivity index (χ4v) is 2.38. The Hall–Kier alpha value is -0.0800. The van der Waals surface area contributed by atoms with Gasteiger partial charge in [-0.25, -0.2) is 0 Å². The van der Waals surface area contributed by atoms with Crippen molar-refractivity contribution >= 4 is 0 Å². The van der Waals surface area contributed by atoms with Gasteiger partial charge < -0.3 is 10.1 Å². The van der Waals surface area contributed by atoms with Crippen molar-refractivity contribution in [3.8, 4) is 0 Å². The molecule has 1 aliphatic rings. The van der Waals surface area contributed by atoms with E-state index >= 15 is 0 Å². The van der Waals surface area contributed by atoms with Crippen molar-refractivity contribution in [3.05, 3.63) is 0 Å². The van der Waals surface area contributed by atoms with Crippen LogP contribution in [0.1, 0.15) is 46.0 Å². The van der Waals surface area contributed by atoms with Gasteiger partial charge in [-0.05, 0) is 38.6 Å². The molecule has 1 fully saturated rings. The second-order valence-corrected chi connectivity index (χ2v) is 4.71. The van der Waals surface area contributed by atoms with Gasteiger partial charge in [0.2, 0.25) is 0 Å². The molecule has 84 valence electrons. The number of ether oxygens (including phenoxy) is 1. The van der Waals surface area contributed by atoms with E-state index in [-0.39, 0.29) is 5.60 Å². The normalized spacial score (nSPS) is 24.0. The van der Waals surface area contributed by atoms with E-state index in [1.54, 1.807) is 0 Å². The quantitative estimate of drug-likeness (QED) is 0.710. The van der Waals surface area contributed by atoms with E-state index in [1.807, 2.05) is 7.11 Å². The largest absolute Gasteiger partial charge is 0.377 e. The second kappa shape index (κ2) is 5.13. The molecule has 2 heteroatoms. The van der Waals surface area contributed by atoms with Crippen LogP contribution >= 0.6 is 0 Å². The summed E-state index contributed by atoms with van der Waals surface area (Å²) >= 11 is 0. The third-order valence-electron chi connectivity index (χ3n) is 3.92. The van der Waals surface area contributed by atoms with Gasteiger partial charge >= 0.3 is 0 Å². The zero-order valence-electron chi connectivity index (χ0n) is 10.1. The lowest BCUT2D eigenvalue weighted by atomic mass is 9.72. The zero-order chi connectivity index (χ0) is 10.6. The lowest BCUT2D eigenvalue weighted by Gasteiger charge is -2.47. The Balaban J connectivity index is 2.51. The van der Waals surface area contributed by atoms with Crippen LogP contribution in [0, 0.1) is 5.92 Å².